The topological polar surface area (TPSA) is 124 Å². The van der Waals surface area contributed by atoms with Crippen molar-refractivity contribution >= 4 is 46.1 Å². The Balaban J connectivity index is 1.01. The zero-order valence-corrected chi connectivity index (χ0v) is 31.6. The molecule has 1 fully saturated rings. The fraction of sp³-hybridized carbons (Fsp3) is 0.425. The zero-order valence-electron chi connectivity index (χ0n) is 30.0. The molecule has 0 aliphatic carbocycles. The predicted octanol–water partition coefficient (Wildman–Crippen LogP) is 8.57. The van der Waals surface area contributed by atoms with Gasteiger partial charge in [-0.1, -0.05) is 100 Å². The number of rotatable bonds is 15. The molecule has 0 spiro atoms. The van der Waals surface area contributed by atoms with Gasteiger partial charge in [0.05, 0.1) is 28.4 Å². The van der Waals surface area contributed by atoms with Crippen molar-refractivity contribution in [3.05, 3.63) is 101 Å². The molecule has 2 aromatic carbocycles. The van der Waals surface area contributed by atoms with Crippen molar-refractivity contribution in [1.82, 2.24) is 20.2 Å². The molecule has 5 rings (SSSR count). The number of aryl methyl sites for hydroxylation is 1. The predicted molar refractivity (Wildman–Crippen MR) is 205 cm³/mol. The van der Waals surface area contributed by atoms with Gasteiger partial charge in [0.1, 0.15) is 17.4 Å². The fourth-order valence-electron chi connectivity index (χ4n) is 6.00. The average Bonchev–Trinajstić information content (AvgIpc) is 3.80. The molecular weight excluding hydrogens is 677 g/mol. The van der Waals surface area contributed by atoms with Gasteiger partial charge in [0.15, 0.2) is 5.13 Å². The van der Waals surface area contributed by atoms with Gasteiger partial charge in [0.2, 0.25) is 11.8 Å². The Kier molecular flexibility index (Phi) is 13.6. The van der Waals surface area contributed by atoms with E-state index in [0.717, 1.165) is 79.3 Å². The Bertz CT molecular complexity index is 1800. The van der Waals surface area contributed by atoms with E-state index in [4.69, 9.17) is 4.42 Å². The van der Waals surface area contributed by atoms with Crippen molar-refractivity contribution in [3.8, 4) is 6.07 Å². The number of thiazole rings is 1. The van der Waals surface area contributed by atoms with E-state index in [1.807, 2.05) is 30.3 Å². The van der Waals surface area contributed by atoms with Gasteiger partial charge in [-0.2, -0.15) is 5.26 Å². The summed E-state index contributed by atoms with van der Waals surface area (Å²) in [7, 11) is 0. The van der Waals surface area contributed by atoms with Crippen molar-refractivity contribution in [2.24, 2.45) is 5.92 Å². The van der Waals surface area contributed by atoms with E-state index in [0.29, 0.717) is 16.8 Å². The average molecular weight is 725 g/mol. The molecule has 0 saturated carbocycles. The maximum atomic E-state index is 13.0. The quantitative estimate of drug-likeness (QED) is 0.0710. The van der Waals surface area contributed by atoms with E-state index in [-0.39, 0.29) is 34.8 Å². The molecule has 9 nitrogen and oxygen atoms in total. The summed E-state index contributed by atoms with van der Waals surface area (Å²) in [6, 6.07) is 19.8. The molecule has 1 saturated heterocycles. The second-order valence-corrected chi connectivity index (χ2v) is 16.3. The highest BCUT2D eigenvalue weighted by Crippen LogP contribution is 2.32. The van der Waals surface area contributed by atoms with E-state index >= 15 is 0 Å². The van der Waals surface area contributed by atoms with Crippen LogP contribution in [0.15, 0.2) is 81.2 Å². The van der Waals surface area contributed by atoms with Crippen LogP contribution < -0.4 is 10.6 Å². The number of aromatic nitrogens is 2. The molecular formula is C40H48N6O3S2. The third-order valence-corrected chi connectivity index (χ3v) is 11.1. The number of piperidine rings is 1. The van der Waals surface area contributed by atoms with E-state index in [1.54, 1.807) is 30.2 Å². The van der Waals surface area contributed by atoms with Crippen molar-refractivity contribution < 1.29 is 14.0 Å². The molecule has 1 aliphatic heterocycles. The summed E-state index contributed by atoms with van der Waals surface area (Å²) in [4.78, 5) is 37.3. The third kappa shape index (κ3) is 11.4. The molecule has 2 amide bonds. The van der Waals surface area contributed by atoms with Crippen molar-refractivity contribution in [3.63, 3.8) is 0 Å². The van der Waals surface area contributed by atoms with E-state index < -0.39 is 0 Å². The van der Waals surface area contributed by atoms with Crippen molar-refractivity contribution in [1.29, 1.82) is 5.26 Å². The minimum absolute atomic E-state index is 0.00781. The fourth-order valence-corrected chi connectivity index (χ4v) is 7.73. The molecule has 1 atom stereocenters. The standard InChI is InChI=1S/C40H48N6O3S2/c1-5-10-33(44-38(48)32(24-41)23-29-11-7-6-8-12-29)30-16-14-28(15-17-30)13-9-20-46-21-18-31(19-22-46)37(47)45-39-43-26-36(51-39)50-27-35-42-25-34(49-35)40(2,3)4/h6-8,11-12,14-17,23,25-26,31,33H,5,9-10,13,18-22,27H2,1-4H3,(H,44,48)(H,43,45,47)/b32-23+. The Morgan fingerprint density at radius 2 is 1.84 bits per heavy atom. The Hall–Kier alpha value is -4.24. The molecule has 268 valence electrons. The van der Waals surface area contributed by atoms with Crippen LogP contribution in [0.3, 0.4) is 0 Å². The SMILES string of the molecule is CCCC(NC(=O)/C(C#N)=C/c1ccccc1)c1ccc(CCCN2CCC(C(=O)Nc3ncc(SCc4ncc(C(C)(C)C)o4)s3)CC2)cc1. The minimum Gasteiger partial charge on any atom is -0.444 e. The van der Waals surface area contributed by atoms with Crippen LogP contribution in [0.5, 0.6) is 0 Å². The molecule has 4 aromatic rings. The van der Waals surface area contributed by atoms with Gasteiger partial charge >= 0.3 is 0 Å². The molecule has 1 unspecified atom stereocenters. The Morgan fingerprint density at radius 1 is 1.10 bits per heavy atom. The lowest BCUT2D eigenvalue weighted by Gasteiger charge is -2.31. The van der Waals surface area contributed by atoms with E-state index in [2.05, 4.69) is 83.5 Å². The number of nitrogens with zero attached hydrogens (tertiary/aromatic N) is 4. The highest BCUT2D eigenvalue weighted by atomic mass is 32.2. The number of anilines is 1. The number of thioether (sulfide) groups is 1. The first-order valence-electron chi connectivity index (χ1n) is 17.7. The van der Waals surface area contributed by atoms with Crippen LogP contribution in [-0.2, 0) is 27.2 Å². The molecule has 3 heterocycles. The zero-order chi connectivity index (χ0) is 36.2. The number of hydrogen-bond acceptors (Lipinski definition) is 9. The highest BCUT2D eigenvalue weighted by molar-refractivity contribution is 8.00. The van der Waals surface area contributed by atoms with E-state index in [9.17, 15) is 14.9 Å². The first-order valence-corrected chi connectivity index (χ1v) is 19.5. The maximum Gasteiger partial charge on any atom is 0.262 e. The molecule has 0 radical (unpaired) electrons. The second-order valence-electron chi connectivity index (χ2n) is 14.0. The molecule has 2 N–H and O–H groups in total. The van der Waals surface area contributed by atoms with Gasteiger partial charge in [-0.05, 0) is 74.5 Å². The maximum absolute atomic E-state index is 13.0. The van der Waals surface area contributed by atoms with Gasteiger partial charge in [-0.25, -0.2) is 9.97 Å². The Morgan fingerprint density at radius 3 is 2.51 bits per heavy atom. The van der Waals surface area contributed by atoms with Crippen LogP contribution in [0.4, 0.5) is 5.13 Å². The second kappa shape index (κ2) is 18.3. The number of carbonyl (C=O) groups is 2. The van der Waals surface area contributed by atoms with Gasteiger partial charge in [0.25, 0.3) is 5.91 Å². The monoisotopic (exact) mass is 724 g/mol. The lowest BCUT2D eigenvalue weighted by molar-refractivity contribution is -0.121. The smallest absolute Gasteiger partial charge is 0.262 e. The summed E-state index contributed by atoms with van der Waals surface area (Å²) in [6.07, 6.45) is 10.6. The molecule has 2 aromatic heterocycles. The number of oxazole rings is 1. The summed E-state index contributed by atoms with van der Waals surface area (Å²) >= 11 is 3.09. The highest BCUT2D eigenvalue weighted by Gasteiger charge is 2.26. The van der Waals surface area contributed by atoms with Gasteiger partial charge < -0.3 is 20.0 Å². The Labute approximate surface area is 310 Å². The molecule has 1 aliphatic rings. The number of carbonyl (C=O) groups excluding carboxylic acids is 2. The summed E-state index contributed by atoms with van der Waals surface area (Å²) in [6.45, 7) is 11.2. The summed E-state index contributed by atoms with van der Waals surface area (Å²) < 4.78 is 6.90. The van der Waals surface area contributed by atoms with Crippen LogP contribution >= 0.6 is 23.1 Å². The van der Waals surface area contributed by atoms with Gasteiger partial charge in [-0.3, -0.25) is 9.59 Å². The number of nitriles is 1. The van der Waals surface area contributed by atoms with Crippen molar-refractivity contribution in [2.45, 2.75) is 87.6 Å². The summed E-state index contributed by atoms with van der Waals surface area (Å²) in [5, 5.41) is 16.4. The summed E-state index contributed by atoms with van der Waals surface area (Å²) in [5.41, 5.74) is 3.15. The number of likely N-dealkylation sites (tertiary alicyclic amines) is 1. The molecule has 51 heavy (non-hydrogen) atoms. The van der Waals surface area contributed by atoms with Crippen molar-refractivity contribution in [2.75, 3.05) is 25.0 Å². The summed E-state index contributed by atoms with van der Waals surface area (Å²) in [5.74, 6) is 1.87. The van der Waals surface area contributed by atoms with Crippen LogP contribution in [0.1, 0.15) is 94.2 Å². The van der Waals surface area contributed by atoms with Gasteiger partial charge in [0, 0.05) is 11.3 Å². The van der Waals surface area contributed by atoms with Crippen LogP contribution in [0.2, 0.25) is 0 Å². The number of amides is 2. The first kappa shape index (κ1) is 38.0. The largest absolute Gasteiger partial charge is 0.444 e. The number of hydrogen-bond donors (Lipinski definition) is 2. The number of nitrogens with one attached hydrogen (secondary N) is 2. The lowest BCUT2D eigenvalue weighted by atomic mass is 9.94. The third-order valence-electron chi connectivity index (χ3n) is 8.98. The van der Waals surface area contributed by atoms with Crippen LogP contribution in [-0.4, -0.2) is 46.3 Å². The van der Waals surface area contributed by atoms with Crippen LogP contribution in [0.25, 0.3) is 6.08 Å². The number of benzene rings is 2. The lowest BCUT2D eigenvalue weighted by Crippen LogP contribution is -2.38. The normalized spacial score (nSPS) is 14.9. The van der Waals surface area contributed by atoms with E-state index in [1.165, 1.54) is 16.9 Å². The molecule has 0 bridgehead atoms. The van der Waals surface area contributed by atoms with Crippen LogP contribution in [0, 0.1) is 17.2 Å². The van der Waals surface area contributed by atoms with Gasteiger partial charge in [-0.15, -0.1) is 11.8 Å². The molecule has 11 heteroatoms. The first-order chi connectivity index (χ1) is 24.6. The minimum atomic E-state index is -0.355.